The smallest absolute Gasteiger partial charge is 0.331 e. The second-order valence-electron chi connectivity index (χ2n) is 5.85. The van der Waals surface area contributed by atoms with Crippen molar-refractivity contribution in [2.24, 2.45) is 0 Å². The van der Waals surface area contributed by atoms with E-state index >= 15 is 0 Å². The zero-order chi connectivity index (χ0) is 20.0. The minimum atomic E-state index is -1.04. The predicted molar refractivity (Wildman–Crippen MR) is 97.5 cm³/mol. The zero-order valence-corrected chi connectivity index (χ0v) is 14.6. The van der Waals surface area contributed by atoms with E-state index in [9.17, 15) is 30.0 Å². The highest BCUT2D eigenvalue weighted by Crippen LogP contribution is 2.26. The lowest BCUT2D eigenvalue weighted by Gasteiger charge is -2.15. The Bertz CT molecular complexity index is 871. The van der Waals surface area contributed by atoms with Gasteiger partial charge in [0.25, 0.3) is 0 Å². The molecule has 0 aliphatic heterocycles. The van der Waals surface area contributed by atoms with Crippen molar-refractivity contribution in [3.05, 3.63) is 53.6 Å². The first-order valence-corrected chi connectivity index (χ1v) is 8.24. The van der Waals surface area contributed by atoms with E-state index in [2.05, 4.69) is 0 Å². The quantitative estimate of drug-likeness (QED) is 0.334. The molecule has 2 rings (SSSR count). The Kier molecular flexibility index (Phi) is 6.43. The molecule has 2 aromatic rings. The molecule has 0 aromatic heterocycles. The van der Waals surface area contributed by atoms with Crippen molar-refractivity contribution in [3.8, 4) is 23.0 Å². The molecule has 142 valence electrons. The van der Waals surface area contributed by atoms with Crippen LogP contribution in [0.4, 0.5) is 0 Å². The third kappa shape index (κ3) is 5.50. The maximum atomic E-state index is 12.1. The first-order valence-electron chi connectivity index (χ1n) is 8.24. The van der Waals surface area contributed by atoms with E-state index in [1.54, 1.807) is 6.92 Å². The summed E-state index contributed by atoms with van der Waals surface area (Å²) in [4.78, 5) is 24.1. The minimum Gasteiger partial charge on any atom is -0.504 e. The normalized spacial score (nSPS) is 12.0. The number of hydrogen-bond acceptors (Lipinski definition) is 7. The van der Waals surface area contributed by atoms with E-state index in [0.29, 0.717) is 11.1 Å². The van der Waals surface area contributed by atoms with Gasteiger partial charge in [-0.2, -0.15) is 0 Å². The number of carbonyl (C=O) groups is 2. The highest BCUT2D eigenvalue weighted by Gasteiger charge is 2.21. The minimum absolute atomic E-state index is 0.0556. The van der Waals surface area contributed by atoms with Gasteiger partial charge in [-0.1, -0.05) is 19.1 Å². The van der Waals surface area contributed by atoms with Crippen LogP contribution >= 0.6 is 0 Å². The van der Waals surface area contributed by atoms with E-state index in [1.807, 2.05) is 0 Å². The maximum absolute atomic E-state index is 12.1. The number of rotatable bonds is 7. The van der Waals surface area contributed by atoms with Crippen LogP contribution in [-0.4, -0.2) is 38.3 Å². The number of benzene rings is 2. The molecule has 0 amide bonds. The standard InChI is InChI=1S/C20H20O7/c1-2-14(21)19(11-13-4-7-16(23)18(25)10-13)27-20(26)8-5-12-3-6-15(22)17(24)9-12/h3-10,19,22-25H,2,11H2,1H3. The summed E-state index contributed by atoms with van der Waals surface area (Å²) in [5.74, 6) is -2.25. The first kappa shape index (κ1) is 19.8. The Morgan fingerprint density at radius 2 is 1.59 bits per heavy atom. The first-order chi connectivity index (χ1) is 12.8. The molecule has 0 saturated heterocycles. The SMILES string of the molecule is CCC(=O)C(Cc1ccc(O)c(O)c1)OC(=O)C=Cc1ccc(O)c(O)c1. The molecule has 1 unspecified atom stereocenters. The highest BCUT2D eigenvalue weighted by molar-refractivity contribution is 5.91. The average Bonchev–Trinajstić information content (AvgIpc) is 2.64. The van der Waals surface area contributed by atoms with Crippen LogP contribution in [0, 0.1) is 0 Å². The molecular formula is C20H20O7. The van der Waals surface area contributed by atoms with Gasteiger partial charge >= 0.3 is 5.97 Å². The van der Waals surface area contributed by atoms with Gasteiger partial charge in [-0.05, 0) is 41.5 Å². The third-order valence-corrected chi connectivity index (χ3v) is 3.84. The van der Waals surface area contributed by atoms with Gasteiger partial charge < -0.3 is 25.2 Å². The van der Waals surface area contributed by atoms with Crippen LogP contribution in [-0.2, 0) is 20.7 Å². The number of phenolic OH excluding ortho intramolecular Hbond substituents is 4. The lowest BCUT2D eigenvalue weighted by atomic mass is 10.0. The summed E-state index contributed by atoms with van der Waals surface area (Å²) in [6, 6.07) is 8.15. The molecule has 0 aliphatic rings. The van der Waals surface area contributed by atoms with Gasteiger partial charge in [0.2, 0.25) is 0 Å². The number of Topliss-reactive ketones (excluding diaryl/α,β-unsaturated/α-hetero) is 1. The fourth-order valence-corrected chi connectivity index (χ4v) is 2.35. The van der Waals surface area contributed by atoms with Crippen LogP contribution in [0.25, 0.3) is 6.08 Å². The van der Waals surface area contributed by atoms with Gasteiger partial charge in [0.05, 0.1) is 0 Å². The summed E-state index contributed by atoms with van der Waals surface area (Å²) >= 11 is 0. The lowest BCUT2D eigenvalue weighted by Crippen LogP contribution is -2.28. The molecule has 0 saturated carbocycles. The number of hydrogen-bond donors (Lipinski definition) is 4. The molecule has 0 spiro atoms. The van der Waals surface area contributed by atoms with Crippen molar-refractivity contribution in [2.45, 2.75) is 25.9 Å². The van der Waals surface area contributed by atoms with Crippen LogP contribution < -0.4 is 0 Å². The Labute approximate surface area is 155 Å². The second kappa shape index (κ2) is 8.75. The number of aromatic hydroxyl groups is 4. The Balaban J connectivity index is 2.09. The van der Waals surface area contributed by atoms with Gasteiger partial charge in [-0.3, -0.25) is 4.79 Å². The molecule has 0 bridgehead atoms. The largest absolute Gasteiger partial charge is 0.504 e. The van der Waals surface area contributed by atoms with E-state index in [0.717, 1.165) is 6.08 Å². The molecular weight excluding hydrogens is 352 g/mol. The van der Waals surface area contributed by atoms with Gasteiger partial charge in [0.1, 0.15) is 0 Å². The second-order valence-corrected chi connectivity index (χ2v) is 5.85. The molecule has 2 aromatic carbocycles. The van der Waals surface area contributed by atoms with Crippen molar-refractivity contribution >= 4 is 17.8 Å². The summed E-state index contributed by atoms with van der Waals surface area (Å²) in [6.07, 6.45) is 1.67. The van der Waals surface area contributed by atoms with Crippen molar-refractivity contribution in [2.75, 3.05) is 0 Å². The van der Waals surface area contributed by atoms with E-state index < -0.39 is 12.1 Å². The molecule has 7 heteroatoms. The maximum Gasteiger partial charge on any atom is 0.331 e. The van der Waals surface area contributed by atoms with Crippen LogP contribution in [0.15, 0.2) is 42.5 Å². The Morgan fingerprint density at radius 3 is 2.19 bits per heavy atom. The molecule has 0 heterocycles. The summed E-state index contributed by atoms with van der Waals surface area (Å²) < 4.78 is 5.22. The number of phenols is 4. The molecule has 0 aliphatic carbocycles. The third-order valence-electron chi connectivity index (χ3n) is 3.84. The van der Waals surface area contributed by atoms with E-state index in [-0.39, 0.29) is 41.6 Å². The van der Waals surface area contributed by atoms with E-state index in [4.69, 9.17) is 4.74 Å². The van der Waals surface area contributed by atoms with Gasteiger partial charge in [-0.15, -0.1) is 0 Å². The fraction of sp³-hybridized carbons (Fsp3) is 0.200. The molecule has 4 N–H and O–H groups in total. The van der Waals surface area contributed by atoms with Crippen LogP contribution in [0.5, 0.6) is 23.0 Å². The van der Waals surface area contributed by atoms with E-state index in [1.165, 1.54) is 42.5 Å². The average molecular weight is 372 g/mol. The lowest BCUT2D eigenvalue weighted by molar-refractivity contribution is -0.150. The topological polar surface area (TPSA) is 124 Å². The summed E-state index contributed by atoms with van der Waals surface area (Å²) in [5.41, 5.74) is 0.987. The highest BCUT2D eigenvalue weighted by atomic mass is 16.5. The Hall–Kier alpha value is -3.48. The van der Waals surface area contributed by atoms with Crippen molar-refractivity contribution in [3.63, 3.8) is 0 Å². The van der Waals surface area contributed by atoms with Crippen LogP contribution in [0.2, 0.25) is 0 Å². The summed E-state index contributed by atoms with van der Waals surface area (Å²) in [5, 5.41) is 37.6. The van der Waals surface area contributed by atoms with Crippen molar-refractivity contribution < 1.29 is 34.8 Å². The number of ketones is 1. The molecule has 1 atom stereocenters. The van der Waals surface area contributed by atoms with Gasteiger partial charge in [0.15, 0.2) is 34.9 Å². The number of esters is 1. The number of carbonyl (C=O) groups excluding carboxylic acids is 2. The molecule has 0 radical (unpaired) electrons. The predicted octanol–water partition coefficient (Wildman–Crippen LogP) is 2.66. The zero-order valence-electron chi connectivity index (χ0n) is 14.6. The Morgan fingerprint density at radius 1 is 0.963 bits per heavy atom. The monoisotopic (exact) mass is 372 g/mol. The summed E-state index contributed by atoms with van der Waals surface area (Å²) in [6.45, 7) is 1.65. The van der Waals surface area contributed by atoms with Crippen molar-refractivity contribution in [1.29, 1.82) is 0 Å². The van der Waals surface area contributed by atoms with Gasteiger partial charge in [-0.25, -0.2) is 4.79 Å². The molecule has 7 nitrogen and oxygen atoms in total. The fourth-order valence-electron chi connectivity index (χ4n) is 2.35. The van der Waals surface area contributed by atoms with Crippen LogP contribution in [0.3, 0.4) is 0 Å². The molecule has 27 heavy (non-hydrogen) atoms. The van der Waals surface area contributed by atoms with Gasteiger partial charge in [0, 0.05) is 18.9 Å². The van der Waals surface area contributed by atoms with Crippen LogP contribution in [0.1, 0.15) is 24.5 Å². The van der Waals surface area contributed by atoms with Crippen molar-refractivity contribution in [1.82, 2.24) is 0 Å². The summed E-state index contributed by atoms with van der Waals surface area (Å²) in [7, 11) is 0. The number of ether oxygens (including phenoxy) is 1. The molecule has 0 fully saturated rings.